The van der Waals surface area contributed by atoms with Crippen molar-refractivity contribution in [1.82, 2.24) is 5.32 Å². The Morgan fingerprint density at radius 1 is 1.16 bits per heavy atom. The monoisotopic (exact) mass is 260 g/mol. The first-order chi connectivity index (χ1) is 9.13. The van der Waals surface area contributed by atoms with Crippen LogP contribution in [0.2, 0.25) is 0 Å². The molecule has 0 saturated carbocycles. The molecule has 2 aromatic carbocycles. The minimum Gasteiger partial charge on any atom is -0.508 e. The lowest BCUT2D eigenvalue weighted by atomic mass is 10.2. The average molecular weight is 260 g/mol. The summed E-state index contributed by atoms with van der Waals surface area (Å²) in [4.78, 5) is 11.6. The Kier molecular flexibility index (Phi) is 3.97. The Labute approximate surface area is 109 Å². The van der Waals surface area contributed by atoms with Gasteiger partial charge in [-0.3, -0.25) is 0 Å². The summed E-state index contributed by atoms with van der Waals surface area (Å²) in [7, 11) is 0. The van der Waals surface area contributed by atoms with Crippen molar-refractivity contribution in [3.8, 4) is 5.75 Å². The van der Waals surface area contributed by atoms with E-state index in [1.54, 1.807) is 24.3 Å². The number of carbonyl (C=O) groups excluding carboxylic acids is 1. The molecule has 3 N–H and O–H groups in total. The Bertz CT molecular complexity index is 570. The quantitative estimate of drug-likeness (QED) is 0.794. The average Bonchev–Trinajstić information content (AvgIpc) is 2.38. The summed E-state index contributed by atoms with van der Waals surface area (Å²) in [6, 6.07) is 11.7. The van der Waals surface area contributed by atoms with Crippen molar-refractivity contribution in [2.24, 2.45) is 0 Å². The summed E-state index contributed by atoms with van der Waals surface area (Å²) in [6.45, 7) is 0.297. The molecule has 0 fully saturated rings. The van der Waals surface area contributed by atoms with Gasteiger partial charge in [0.1, 0.15) is 11.6 Å². The Balaban J connectivity index is 1.86. The number of rotatable bonds is 3. The number of nitrogens with one attached hydrogen (secondary N) is 2. The number of carbonyl (C=O) groups is 1. The normalized spacial score (nSPS) is 9.95. The molecule has 98 valence electrons. The third-order valence-electron chi connectivity index (χ3n) is 2.47. The maximum atomic E-state index is 12.7. The molecule has 0 aromatic heterocycles. The fourth-order valence-electron chi connectivity index (χ4n) is 1.54. The number of hydrogen-bond donors (Lipinski definition) is 3. The molecule has 0 aliphatic carbocycles. The zero-order valence-corrected chi connectivity index (χ0v) is 10.1. The Hall–Kier alpha value is -2.56. The van der Waals surface area contributed by atoms with Gasteiger partial charge in [0.25, 0.3) is 0 Å². The van der Waals surface area contributed by atoms with Crippen LogP contribution in [0.3, 0.4) is 0 Å². The molecule has 2 aromatic rings. The Morgan fingerprint density at radius 3 is 2.58 bits per heavy atom. The molecule has 0 unspecified atom stereocenters. The standard InChI is InChI=1S/C14H13FN2O2/c15-11-6-4-10(5-7-11)9-16-14(19)17-12-2-1-3-13(18)8-12/h1-8,18H,9H2,(H2,16,17,19). The van der Waals surface area contributed by atoms with Crippen LogP contribution in [0.1, 0.15) is 5.56 Å². The van der Waals surface area contributed by atoms with E-state index >= 15 is 0 Å². The topological polar surface area (TPSA) is 61.4 Å². The van der Waals surface area contributed by atoms with E-state index in [-0.39, 0.29) is 11.6 Å². The van der Waals surface area contributed by atoms with Crippen molar-refractivity contribution in [1.29, 1.82) is 0 Å². The van der Waals surface area contributed by atoms with Crippen LogP contribution in [-0.4, -0.2) is 11.1 Å². The van der Waals surface area contributed by atoms with Crippen molar-refractivity contribution >= 4 is 11.7 Å². The van der Waals surface area contributed by atoms with E-state index < -0.39 is 6.03 Å². The van der Waals surface area contributed by atoms with Crippen LogP contribution in [0.15, 0.2) is 48.5 Å². The van der Waals surface area contributed by atoms with E-state index in [1.807, 2.05) is 0 Å². The third-order valence-corrected chi connectivity index (χ3v) is 2.47. The van der Waals surface area contributed by atoms with Crippen molar-refractivity contribution in [2.45, 2.75) is 6.54 Å². The lowest BCUT2D eigenvalue weighted by Crippen LogP contribution is -2.28. The van der Waals surface area contributed by atoms with Crippen LogP contribution in [0.5, 0.6) is 5.75 Å². The van der Waals surface area contributed by atoms with Gasteiger partial charge in [0, 0.05) is 18.3 Å². The van der Waals surface area contributed by atoms with Crippen LogP contribution in [-0.2, 0) is 6.54 Å². The van der Waals surface area contributed by atoms with E-state index in [9.17, 15) is 14.3 Å². The van der Waals surface area contributed by atoms with E-state index in [4.69, 9.17) is 0 Å². The van der Waals surface area contributed by atoms with Gasteiger partial charge in [-0.15, -0.1) is 0 Å². The van der Waals surface area contributed by atoms with Gasteiger partial charge in [-0.05, 0) is 29.8 Å². The van der Waals surface area contributed by atoms with E-state index in [1.165, 1.54) is 24.3 Å². The Morgan fingerprint density at radius 2 is 1.89 bits per heavy atom. The predicted octanol–water partition coefficient (Wildman–Crippen LogP) is 2.85. The zero-order chi connectivity index (χ0) is 13.7. The number of aromatic hydroxyl groups is 1. The second-order valence-corrected chi connectivity index (χ2v) is 3.98. The first-order valence-electron chi connectivity index (χ1n) is 5.72. The number of halogens is 1. The summed E-state index contributed by atoms with van der Waals surface area (Å²) in [6.07, 6.45) is 0. The van der Waals surface area contributed by atoms with Gasteiger partial charge in [0.05, 0.1) is 0 Å². The number of phenolic OH excluding ortho intramolecular Hbond substituents is 1. The number of amides is 2. The van der Waals surface area contributed by atoms with Crippen molar-refractivity contribution in [2.75, 3.05) is 5.32 Å². The highest BCUT2D eigenvalue weighted by Crippen LogP contribution is 2.15. The lowest BCUT2D eigenvalue weighted by molar-refractivity contribution is 0.251. The summed E-state index contributed by atoms with van der Waals surface area (Å²) in [5, 5.41) is 14.5. The van der Waals surface area contributed by atoms with Gasteiger partial charge in [0.2, 0.25) is 0 Å². The van der Waals surface area contributed by atoms with Gasteiger partial charge in [-0.25, -0.2) is 9.18 Å². The molecule has 0 heterocycles. The molecule has 0 spiro atoms. The van der Waals surface area contributed by atoms with Crippen molar-refractivity contribution in [3.05, 3.63) is 59.9 Å². The van der Waals surface area contributed by atoms with Gasteiger partial charge >= 0.3 is 6.03 Å². The maximum Gasteiger partial charge on any atom is 0.319 e. The van der Waals surface area contributed by atoms with Crippen LogP contribution >= 0.6 is 0 Å². The molecule has 0 atom stereocenters. The van der Waals surface area contributed by atoms with Crippen molar-refractivity contribution < 1.29 is 14.3 Å². The van der Waals surface area contributed by atoms with Gasteiger partial charge in [-0.2, -0.15) is 0 Å². The van der Waals surface area contributed by atoms with E-state index in [0.29, 0.717) is 12.2 Å². The SMILES string of the molecule is O=C(NCc1ccc(F)cc1)Nc1cccc(O)c1. The van der Waals surface area contributed by atoms with Crippen LogP contribution in [0, 0.1) is 5.82 Å². The highest BCUT2D eigenvalue weighted by Gasteiger charge is 2.02. The second kappa shape index (κ2) is 5.86. The highest BCUT2D eigenvalue weighted by atomic mass is 19.1. The van der Waals surface area contributed by atoms with Crippen molar-refractivity contribution in [3.63, 3.8) is 0 Å². The highest BCUT2D eigenvalue weighted by molar-refractivity contribution is 5.89. The summed E-state index contributed by atoms with van der Waals surface area (Å²) in [5.41, 5.74) is 1.30. The molecule has 5 heteroatoms. The minimum atomic E-state index is -0.394. The van der Waals surface area contributed by atoms with Gasteiger partial charge in [0.15, 0.2) is 0 Å². The van der Waals surface area contributed by atoms with Crippen LogP contribution < -0.4 is 10.6 Å². The molecule has 2 rings (SSSR count). The van der Waals surface area contributed by atoms with Gasteiger partial charge < -0.3 is 15.7 Å². The fourth-order valence-corrected chi connectivity index (χ4v) is 1.54. The number of phenols is 1. The zero-order valence-electron chi connectivity index (χ0n) is 10.1. The smallest absolute Gasteiger partial charge is 0.319 e. The third kappa shape index (κ3) is 3.99. The first kappa shape index (κ1) is 12.9. The first-order valence-corrected chi connectivity index (χ1v) is 5.72. The number of benzene rings is 2. The van der Waals surface area contributed by atoms with Crippen LogP contribution in [0.4, 0.5) is 14.9 Å². The molecule has 2 amide bonds. The van der Waals surface area contributed by atoms with Crippen LogP contribution in [0.25, 0.3) is 0 Å². The van der Waals surface area contributed by atoms with E-state index in [0.717, 1.165) is 5.56 Å². The number of anilines is 1. The summed E-state index contributed by atoms with van der Waals surface area (Å²) < 4.78 is 12.7. The summed E-state index contributed by atoms with van der Waals surface area (Å²) in [5.74, 6) is -0.232. The molecule has 0 bridgehead atoms. The molecule has 0 aliphatic heterocycles. The molecule has 0 radical (unpaired) electrons. The lowest BCUT2D eigenvalue weighted by Gasteiger charge is -2.08. The molecule has 0 saturated heterocycles. The number of urea groups is 1. The molecular weight excluding hydrogens is 247 g/mol. The fraction of sp³-hybridized carbons (Fsp3) is 0.0714. The summed E-state index contributed by atoms with van der Waals surface area (Å²) >= 11 is 0. The molecule has 0 aliphatic rings. The largest absolute Gasteiger partial charge is 0.508 e. The van der Waals surface area contributed by atoms with Gasteiger partial charge in [-0.1, -0.05) is 18.2 Å². The second-order valence-electron chi connectivity index (χ2n) is 3.98. The maximum absolute atomic E-state index is 12.7. The molecular formula is C14H13FN2O2. The minimum absolute atomic E-state index is 0.0799. The predicted molar refractivity (Wildman–Crippen MR) is 70.4 cm³/mol. The molecule has 4 nitrogen and oxygen atoms in total. The molecule has 19 heavy (non-hydrogen) atoms. The van der Waals surface area contributed by atoms with E-state index in [2.05, 4.69) is 10.6 Å². The number of hydrogen-bond acceptors (Lipinski definition) is 2.